The molecule has 1 fully saturated rings. The average Bonchev–Trinajstić information content (AvgIpc) is 3.08. The van der Waals surface area contributed by atoms with Crippen LogP contribution in [-0.2, 0) is 22.6 Å². The van der Waals surface area contributed by atoms with E-state index in [1.54, 1.807) is 0 Å². The van der Waals surface area contributed by atoms with Gasteiger partial charge < -0.3 is 9.84 Å². The first kappa shape index (κ1) is 9.85. The van der Waals surface area contributed by atoms with Crippen LogP contribution in [0.2, 0.25) is 0 Å². The highest BCUT2D eigenvalue weighted by atomic mass is 16.5. The van der Waals surface area contributed by atoms with Crippen molar-refractivity contribution < 1.29 is 14.6 Å². The predicted molar refractivity (Wildman–Crippen MR) is 58.3 cm³/mol. The fourth-order valence-electron chi connectivity index (χ4n) is 2.45. The summed E-state index contributed by atoms with van der Waals surface area (Å²) in [5, 5.41) is 8.90. The van der Waals surface area contributed by atoms with Crippen LogP contribution in [0.3, 0.4) is 0 Å². The van der Waals surface area contributed by atoms with Crippen LogP contribution in [0.5, 0.6) is 0 Å². The first-order valence-electron chi connectivity index (χ1n) is 5.68. The first-order valence-corrected chi connectivity index (χ1v) is 5.68. The molecule has 1 aliphatic carbocycles. The monoisotopic (exact) mass is 218 g/mol. The fraction of sp³-hybridized carbons (Fsp3) is 0.462. The Morgan fingerprint density at radius 2 is 2.25 bits per heavy atom. The minimum absolute atomic E-state index is 0.155. The molecule has 2 atom stereocenters. The van der Waals surface area contributed by atoms with Crippen molar-refractivity contribution in [2.45, 2.75) is 25.4 Å². The standard InChI is InChI=1S/C13H14O3/c14-13(15)12-6-11(12)9-1-2-10-7-16-4-3-8(10)5-9/h1-2,5,11-12H,3-4,6-7H2,(H,14,15). The number of hydrogen-bond donors (Lipinski definition) is 1. The number of aliphatic carboxylic acids is 1. The maximum atomic E-state index is 10.8. The summed E-state index contributed by atoms with van der Waals surface area (Å²) in [6.45, 7) is 1.48. The van der Waals surface area contributed by atoms with E-state index >= 15 is 0 Å². The smallest absolute Gasteiger partial charge is 0.307 e. The topological polar surface area (TPSA) is 46.5 Å². The van der Waals surface area contributed by atoms with E-state index in [2.05, 4.69) is 18.2 Å². The molecule has 0 radical (unpaired) electrons. The molecule has 1 heterocycles. The molecule has 1 aliphatic heterocycles. The molecule has 3 nitrogen and oxygen atoms in total. The maximum absolute atomic E-state index is 10.8. The summed E-state index contributed by atoms with van der Waals surface area (Å²) in [5.74, 6) is -0.574. The second kappa shape index (κ2) is 3.59. The first-order chi connectivity index (χ1) is 7.75. The lowest BCUT2D eigenvalue weighted by Crippen LogP contribution is -2.10. The minimum Gasteiger partial charge on any atom is -0.481 e. The summed E-state index contributed by atoms with van der Waals surface area (Å²) in [5.41, 5.74) is 3.77. The Morgan fingerprint density at radius 1 is 1.38 bits per heavy atom. The average molecular weight is 218 g/mol. The van der Waals surface area contributed by atoms with Gasteiger partial charge in [-0.25, -0.2) is 0 Å². The Hall–Kier alpha value is -1.35. The zero-order valence-corrected chi connectivity index (χ0v) is 8.98. The quantitative estimate of drug-likeness (QED) is 0.825. The molecule has 0 aromatic heterocycles. The lowest BCUT2D eigenvalue weighted by molar-refractivity contribution is -0.138. The Balaban J connectivity index is 1.85. The summed E-state index contributed by atoms with van der Waals surface area (Å²) in [4.78, 5) is 10.8. The molecule has 0 amide bonds. The molecule has 2 unspecified atom stereocenters. The van der Waals surface area contributed by atoms with E-state index in [9.17, 15) is 4.79 Å². The normalized spacial score (nSPS) is 27.2. The lowest BCUT2D eigenvalue weighted by atomic mass is 9.98. The van der Waals surface area contributed by atoms with Gasteiger partial charge in [0.25, 0.3) is 0 Å². The molecule has 84 valence electrons. The highest BCUT2D eigenvalue weighted by molar-refractivity contribution is 5.75. The molecule has 0 bridgehead atoms. The summed E-state index contributed by atoms with van der Waals surface area (Å²) >= 11 is 0. The van der Waals surface area contributed by atoms with Crippen LogP contribution >= 0.6 is 0 Å². The van der Waals surface area contributed by atoms with Crippen LogP contribution in [0.15, 0.2) is 18.2 Å². The van der Waals surface area contributed by atoms with Crippen molar-refractivity contribution in [1.29, 1.82) is 0 Å². The number of hydrogen-bond acceptors (Lipinski definition) is 2. The van der Waals surface area contributed by atoms with Gasteiger partial charge in [0.1, 0.15) is 0 Å². The van der Waals surface area contributed by atoms with Crippen LogP contribution in [0.1, 0.15) is 29.0 Å². The maximum Gasteiger partial charge on any atom is 0.307 e. The van der Waals surface area contributed by atoms with Gasteiger partial charge in [-0.05, 0) is 35.4 Å². The van der Waals surface area contributed by atoms with Gasteiger partial charge in [-0.15, -0.1) is 0 Å². The zero-order chi connectivity index (χ0) is 11.1. The summed E-state index contributed by atoms with van der Waals surface area (Å²) in [7, 11) is 0. The van der Waals surface area contributed by atoms with Gasteiger partial charge in [0.15, 0.2) is 0 Å². The van der Waals surface area contributed by atoms with Gasteiger partial charge in [-0.1, -0.05) is 18.2 Å². The SMILES string of the molecule is O=C(O)C1CC1c1ccc2c(c1)CCOC2. The minimum atomic E-state index is -0.661. The Labute approximate surface area is 94.0 Å². The van der Waals surface area contributed by atoms with Crippen molar-refractivity contribution in [3.8, 4) is 0 Å². The lowest BCUT2D eigenvalue weighted by Gasteiger charge is -2.17. The Morgan fingerprint density at radius 3 is 3.00 bits per heavy atom. The second-order valence-electron chi connectivity index (χ2n) is 4.62. The molecule has 1 saturated carbocycles. The van der Waals surface area contributed by atoms with Crippen molar-refractivity contribution in [1.82, 2.24) is 0 Å². The summed E-state index contributed by atoms with van der Waals surface area (Å²) < 4.78 is 5.38. The van der Waals surface area contributed by atoms with Crippen molar-refractivity contribution >= 4 is 5.97 Å². The number of rotatable bonds is 2. The molecule has 16 heavy (non-hydrogen) atoms. The van der Waals surface area contributed by atoms with Crippen LogP contribution in [-0.4, -0.2) is 17.7 Å². The van der Waals surface area contributed by atoms with E-state index in [1.807, 2.05) is 0 Å². The van der Waals surface area contributed by atoms with E-state index in [0.717, 1.165) is 19.4 Å². The summed E-state index contributed by atoms with van der Waals surface area (Å²) in [6.07, 6.45) is 1.75. The summed E-state index contributed by atoms with van der Waals surface area (Å²) in [6, 6.07) is 6.31. The molecule has 1 aromatic rings. The van der Waals surface area contributed by atoms with E-state index in [0.29, 0.717) is 6.61 Å². The molecule has 3 rings (SSSR count). The number of benzene rings is 1. The molecular formula is C13H14O3. The highest BCUT2D eigenvalue weighted by Gasteiger charge is 2.44. The van der Waals surface area contributed by atoms with Gasteiger partial charge in [-0.3, -0.25) is 4.79 Å². The molecule has 0 spiro atoms. The van der Waals surface area contributed by atoms with E-state index < -0.39 is 5.97 Å². The number of carboxylic acid groups (broad SMARTS) is 1. The van der Waals surface area contributed by atoms with Gasteiger partial charge in [0.05, 0.1) is 19.1 Å². The Kier molecular flexibility index (Phi) is 2.21. The van der Waals surface area contributed by atoms with E-state index in [-0.39, 0.29) is 11.8 Å². The number of carbonyl (C=O) groups is 1. The van der Waals surface area contributed by atoms with Crippen molar-refractivity contribution in [3.63, 3.8) is 0 Å². The molecular weight excluding hydrogens is 204 g/mol. The number of ether oxygens (including phenoxy) is 1. The van der Waals surface area contributed by atoms with Crippen molar-refractivity contribution in [2.24, 2.45) is 5.92 Å². The van der Waals surface area contributed by atoms with Gasteiger partial charge in [0, 0.05) is 0 Å². The van der Waals surface area contributed by atoms with Crippen LogP contribution in [0.25, 0.3) is 0 Å². The van der Waals surface area contributed by atoms with Gasteiger partial charge in [-0.2, -0.15) is 0 Å². The third-order valence-corrected chi connectivity index (χ3v) is 3.54. The molecule has 2 aliphatic rings. The largest absolute Gasteiger partial charge is 0.481 e. The van der Waals surface area contributed by atoms with Crippen LogP contribution in [0, 0.1) is 5.92 Å². The highest BCUT2D eigenvalue weighted by Crippen LogP contribution is 2.47. The predicted octanol–water partition coefficient (Wildman–Crippen LogP) is 1.95. The van der Waals surface area contributed by atoms with Crippen LogP contribution < -0.4 is 0 Å². The fourth-order valence-corrected chi connectivity index (χ4v) is 2.45. The van der Waals surface area contributed by atoms with E-state index in [4.69, 9.17) is 9.84 Å². The van der Waals surface area contributed by atoms with Gasteiger partial charge in [0.2, 0.25) is 0 Å². The number of carboxylic acids is 1. The molecule has 1 aromatic carbocycles. The molecule has 3 heteroatoms. The van der Waals surface area contributed by atoms with Crippen molar-refractivity contribution in [2.75, 3.05) is 6.61 Å². The second-order valence-corrected chi connectivity index (χ2v) is 4.62. The van der Waals surface area contributed by atoms with Crippen molar-refractivity contribution in [3.05, 3.63) is 34.9 Å². The third-order valence-electron chi connectivity index (χ3n) is 3.54. The Bertz CT molecular complexity index is 439. The zero-order valence-electron chi connectivity index (χ0n) is 8.98. The third kappa shape index (κ3) is 1.61. The van der Waals surface area contributed by atoms with E-state index in [1.165, 1.54) is 16.7 Å². The van der Waals surface area contributed by atoms with Gasteiger partial charge >= 0.3 is 5.97 Å². The number of fused-ring (bicyclic) bond motifs is 1. The molecule has 1 N–H and O–H groups in total. The van der Waals surface area contributed by atoms with Crippen LogP contribution in [0.4, 0.5) is 0 Å². The molecule has 0 saturated heterocycles.